The number of halogens is 3. The number of ether oxygens (including phenoxy) is 1. The first-order valence-corrected chi connectivity index (χ1v) is 6.36. The third kappa shape index (κ3) is 4.12. The fourth-order valence-corrected chi connectivity index (χ4v) is 1.51. The van der Waals surface area contributed by atoms with Crippen molar-refractivity contribution in [1.82, 2.24) is 4.90 Å². The first-order valence-electron chi connectivity index (χ1n) is 6.36. The highest BCUT2D eigenvalue weighted by molar-refractivity contribution is 5.82. The third-order valence-corrected chi connectivity index (χ3v) is 3.13. The number of hydrogen-bond donors (Lipinski definition) is 1. The summed E-state index contributed by atoms with van der Waals surface area (Å²) >= 11 is 0. The molecule has 1 aromatic rings. The second-order valence-corrected chi connectivity index (χ2v) is 4.86. The van der Waals surface area contributed by atoms with Gasteiger partial charge in [-0.1, -0.05) is 30.3 Å². The number of nitrogens with zero attached hydrogens (tertiary/aromatic N) is 1. The minimum absolute atomic E-state index is 0.0937. The first kappa shape index (κ1) is 17.8. The van der Waals surface area contributed by atoms with Crippen LogP contribution in [-0.2, 0) is 16.0 Å². The van der Waals surface area contributed by atoms with Gasteiger partial charge in [-0.05, 0) is 18.9 Å². The van der Waals surface area contributed by atoms with Crippen LogP contribution in [0.2, 0.25) is 0 Å². The predicted octanol–water partition coefficient (Wildman–Crippen LogP) is 2.70. The minimum Gasteiger partial charge on any atom is -0.478 e. The highest BCUT2D eigenvalue weighted by atomic mass is 19.4. The molecule has 0 heterocycles. The molecule has 122 valence electrons. The smallest absolute Gasteiger partial charge is 0.439 e. The predicted molar refractivity (Wildman–Crippen MR) is 71.4 cm³/mol. The van der Waals surface area contributed by atoms with E-state index in [1.165, 1.54) is 7.05 Å². The van der Waals surface area contributed by atoms with Gasteiger partial charge in [-0.25, -0.2) is 9.59 Å². The topological polar surface area (TPSA) is 66.8 Å². The number of carboxylic acid groups (broad SMARTS) is 1. The molecule has 1 amide bonds. The monoisotopic (exact) mass is 319 g/mol. The highest BCUT2D eigenvalue weighted by Crippen LogP contribution is 2.34. The SMILES string of the molecule is CN(CCc1ccccc1)C(=O)OC(C)(C(=O)O)C(F)(F)F. The Kier molecular flexibility index (Phi) is 5.40. The summed E-state index contributed by atoms with van der Waals surface area (Å²) in [4.78, 5) is 23.4. The first-order chi connectivity index (χ1) is 10.1. The van der Waals surface area contributed by atoms with Crippen LogP contribution in [0.1, 0.15) is 12.5 Å². The molecule has 8 heteroatoms. The summed E-state index contributed by atoms with van der Waals surface area (Å²) in [6.45, 7) is 0.397. The summed E-state index contributed by atoms with van der Waals surface area (Å²) in [5.74, 6) is -2.27. The van der Waals surface area contributed by atoms with Crippen LogP contribution in [0.15, 0.2) is 30.3 Å². The molecular weight excluding hydrogens is 303 g/mol. The Balaban J connectivity index is 2.68. The Bertz CT molecular complexity index is 533. The molecule has 1 aromatic carbocycles. The van der Waals surface area contributed by atoms with Gasteiger partial charge < -0.3 is 14.7 Å². The fraction of sp³-hybridized carbons (Fsp3) is 0.429. The number of rotatable bonds is 5. The fourth-order valence-electron chi connectivity index (χ4n) is 1.51. The molecule has 0 aromatic heterocycles. The van der Waals surface area contributed by atoms with E-state index < -0.39 is 23.8 Å². The zero-order valence-electron chi connectivity index (χ0n) is 12.1. The van der Waals surface area contributed by atoms with Crippen molar-refractivity contribution in [3.63, 3.8) is 0 Å². The average molecular weight is 319 g/mol. The van der Waals surface area contributed by atoms with Gasteiger partial charge in [0.2, 0.25) is 0 Å². The van der Waals surface area contributed by atoms with Gasteiger partial charge in [0.1, 0.15) is 0 Å². The van der Waals surface area contributed by atoms with Gasteiger partial charge in [-0.2, -0.15) is 13.2 Å². The molecule has 0 spiro atoms. The zero-order valence-corrected chi connectivity index (χ0v) is 12.1. The molecule has 5 nitrogen and oxygen atoms in total. The molecule has 0 bridgehead atoms. The molecule has 1 N–H and O–H groups in total. The van der Waals surface area contributed by atoms with Gasteiger partial charge in [-0.3, -0.25) is 0 Å². The van der Waals surface area contributed by atoms with Crippen molar-refractivity contribution < 1.29 is 32.6 Å². The summed E-state index contributed by atoms with van der Waals surface area (Å²) in [6, 6.07) is 8.99. The summed E-state index contributed by atoms with van der Waals surface area (Å²) < 4.78 is 42.4. The van der Waals surface area contributed by atoms with Gasteiger partial charge in [0, 0.05) is 13.6 Å². The second kappa shape index (κ2) is 6.67. The van der Waals surface area contributed by atoms with E-state index in [0.717, 1.165) is 10.5 Å². The third-order valence-electron chi connectivity index (χ3n) is 3.13. The van der Waals surface area contributed by atoms with E-state index in [-0.39, 0.29) is 6.54 Å². The number of likely N-dealkylation sites (N-methyl/N-ethyl adjacent to an activating group) is 1. The van der Waals surface area contributed by atoms with Gasteiger partial charge in [0.15, 0.2) is 0 Å². The van der Waals surface area contributed by atoms with Crippen molar-refractivity contribution in [3.8, 4) is 0 Å². The van der Waals surface area contributed by atoms with Gasteiger partial charge in [-0.15, -0.1) is 0 Å². The normalized spacial score (nSPS) is 14.0. The van der Waals surface area contributed by atoms with Crippen LogP contribution in [0.25, 0.3) is 0 Å². The van der Waals surface area contributed by atoms with Crippen molar-refractivity contribution in [2.45, 2.75) is 25.1 Å². The lowest BCUT2D eigenvalue weighted by molar-refractivity contribution is -0.254. The number of hydrogen-bond acceptors (Lipinski definition) is 3. The van der Waals surface area contributed by atoms with Gasteiger partial charge in [0.05, 0.1) is 0 Å². The van der Waals surface area contributed by atoms with Crippen LogP contribution in [0, 0.1) is 0 Å². The van der Waals surface area contributed by atoms with E-state index in [1.54, 1.807) is 24.3 Å². The molecule has 0 aliphatic rings. The maximum atomic E-state index is 12.8. The number of aliphatic carboxylic acids is 1. The van der Waals surface area contributed by atoms with E-state index in [0.29, 0.717) is 13.3 Å². The summed E-state index contributed by atoms with van der Waals surface area (Å²) in [5.41, 5.74) is -2.69. The summed E-state index contributed by atoms with van der Waals surface area (Å²) in [7, 11) is 1.24. The molecule has 0 saturated carbocycles. The Labute approximate surface area is 125 Å². The minimum atomic E-state index is -5.21. The van der Waals surface area contributed by atoms with E-state index in [9.17, 15) is 22.8 Å². The van der Waals surface area contributed by atoms with Crippen molar-refractivity contribution in [2.75, 3.05) is 13.6 Å². The quantitative estimate of drug-likeness (QED) is 0.906. The Morgan fingerprint density at radius 3 is 2.23 bits per heavy atom. The number of carboxylic acids is 1. The highest BCUT2D eigenvalue weighted by Gasteiger charge is 2.61. The van der Waals surface area contributed by atoms with Crippen LogP contribution in [-0.4, -0.2) is 47.4 Å². The van der Waals surface area contributed by atoms with Crippen molar-refractivity contribution in [1.29, 1.82) is 0 Å². The van der Waals surface area contributed by atoms with Gasteiger partial charge in [0.25, 0.3) is 0 Å². The Morgan fingerprint density at radius 1 is 1.23 bits per heavy atom. The lowest BCUT2D eigenvalue weighted by Crippen LogP contribution is -2.54. The van der Waals surface area contributed by atoms with Crippen LogP contribution in [0.3, 0.4) is 0 Å². The zero-order chi connectivity index (χ0) is 17.0. The average Bonchev–Trinajstić information content (AvgIpc) is 2.44. The van der Waals surface area contributed by atoms with Crippen molar-refractivity contribution in [2.24, 2.45) is 0 Å². The van der Waals surface area contributed by atoms with E-state index in [2.05, 4.69) is 4.74 Å². The van der Waals surface area contributed by atoms with Gasteiger partial charge >= 0.3 is 23.8 Å². The number of alkyl halides is 3. The summed E-state index contributed by atoms with van der Waals surface area (Å²) in [6.07, 6.45) is -6.16. The number of carbonyl (C=O) groups excluding carboxylic acids is 1. The largest absolute Gasteiger partial charge is 0.478 e. The van der Waals surface area contributed by atoms with E-state index in [1.807, 2.05) is 6.07 Å². The van der Waals surface area contributed by atoms with E-state index >= 15 is 0 Å². The maximum absolute atomic E-state index is 12.8. The Hall–Kier alpha value is -2.25. The summed E-state index contributed by atoms with van der Waals surface area (Å²) in [5, 5.41) is 8.69. The van der Waals surface area contributed by atoms with Crippen LogP contribution < -0.4 is 0 Å². The van der Waals surface area contributed by atoms with E-state index in [4.69, 9.17) is 5.11 Å². The molecule has 22 heavy (non-hydrogen) atoms. The van der Waals surface area contributed by atoms with Crippen molar-refractivity contribution in [3.05, 3.63) is 35.9 Å². The molecular formula is C14H16F3NO4. The van der Waals surface area contributed by atoms with Crippen LogP contribution in [0.5, 0.6) is 0 Å². The molecule has 0 aliphatic heterocycles. The number of carbonyl (C=O) groups is 2. The standard InChI is InChI=1S/C14H16F3NO4/c1-13(11(19)20,14(15,16)17)22-12(21)18(2)9-8-10-6-4-3-5-7-10/h3-7H,8-9H2,1-2H3,(H,19,20). The van der Waals surface area contributed by atoms with Crippen molar-refractivity contribution >= 4 is 12.1 Å². The molecule has 1 unspecified atom stereocenters. The second-order valence-electron chi connectivity index (χ2n) is 4.86. The molecule has 1 atom stereocenters. The number of benzene rings is 1. The molecule has 1 rings (SSSR count). The maximum Gasteiger partial charge on any atom is 0.439 e. The molecule has 0 saturated heterocycles. The Morgan fingerprint density at radius 2 is 1.77 bits per heavy atom. The molecule has 0 radical (unpaired) electrons. The number of amides is 1. The molecule has 0 fully saturated rings. The molecule has 0 aliphatic carbocycles. The van der Waals surface area contributed by atoms with Crippen LogP contribution >= 0.6 is 0 Å². The lowest BCUT2D eigenvalue weighted by atomic mass is 10.1. The lowest BCUT2D eigenvalue weighted by Gasteiger charge is -2.29. The van der Waals surface area contributed by atoms with Crippen LogP contribution in [0.4, 0.5) is 18.0 Å².